The summed E-state index contributed by atoms with van der Waals surface area (Å²) < 4.78 is 70.0. The highest BCUT2D eigenvalue weighted by Crippen LogP contribution is 2.52. The third-order valence-corrected chi connectivity index (χ3v) is 8.43. The Labute approximate surface area is 149 Å². The number of alkyl halides is 3. The van der Waals surface area contributed by atoms with Gasteiger partial charge in [0.15, 0.2) is 20.4 Å². The van der Waals surface area contributed by atoms with Crippen molar-refractivity contribution in [3.63, 3.8) is 0 Å². The molecular weight excluding hydrogens is 371 g/mol. The normalized spacial score (nSPS) is 31.3. The van der Waals surface area contributed by atoms with Crippen molar-refractivity contribution < 1.29 is 26.3 Å². The molecule has 0 N–H and O–H groups in total. The molecule has 1 aromatic heterocycles. The van der Waals surface area contributed by atoms with E-state index >= 15 is 0 Å². The maximum Gasteiger partial charge on any atom is 0.410 e. The minimum Gasteiger partial charge on any atom is -0.472 e. The summed E-state index contributed by atoms with van der Waals surface area (Å²) in [6, 6.07) is 0. The SMILES string of the molecule is O=S1(=O)CCCC2CN(c3nccnc3OC3CCC3)CC21C(F)(F)F. The zero-order valence-corrected chi connectivity index (χ0v) is 14.9. The predicted octanol–water partition coefficient (Wildman–Crippen LogP) is 2.35. The van der Waals surface area contributed by atoms with E-state index in [1.54, 1.807) is 0 Å². The van der Waals surface area contributed by atoms with Crippen LogP contribution in [0.5, 0.6) is 5.88 Å². The molecule has 0 radical (unpaired) electrons. The Morgan fingerprint density at radius 2 is 1.88 bits per heavy atom. The highest BCUT2D eigenvalue weighted by Gasteiger charge is 2.71. The average Bonchev–Trinajstić information content (AvgIpc) is 2.93. The summed E-state index contributed by atoms with van der Waals surface area (Å²) in [7, 11) is -4.31. The second-order valence-electron chi connectivity index (χ2n) is 7.28. The number of fused-ring (bicyclic) bond motifs is 1. The molecule has 3 fully saturated rings. The van der Waals surface area contributed by atoms with Gasteiger partial charge in [-0.15, -0.1) is 0 Å². The van der Waals surface area contributed by atoms with Gasteiger partial charge in [0.2, 0.25) is 0 Å². The van der Waals surface area contributed by atoms with Gasteiger partial charge in [0.05, 0.1) is 5.75 Å². The van der Waals surface area contributed by atoms with Gasteiger partial charge in [-0.2, -0.15) is 13.2 Å². The Hall–Kier alpha value is -1.58. The lowest BCUT2D eigenvalue weighted by molar-refractivity contribution is -0.167. The molecule has 1 saturated carbocycles. The van der Waals surface area contributed by atoms with Crippen molar-refractivity contribution in [1.29, 1.82) is 0 Å². The highest BCUT2D eigenvalue weighted by atomic mass is 32.2. The van der Waals surface area contributed by atoms with Gasteiger partial charge in [-0.05, 0) is 32.1 Å². The summed E-state index contributed by atoms with van der Waals surface area (Å²) in [6.45, 7) is -0.665. The van der Waals surface area contributed by atoms with Gasteiger partial charge in [0.1, 0.15) is 6.10 Å². The van der Waals surface area contributed by atoms with E-state index in [2.05, 4.69) is 9.97 Å². The minimum absolute atomic E-state index is 0.00404. The molecular formula is C16H20F3N3O3S. The third kappa shape index (κ3) is 2.56. The Morgan fingerprint density at radius 3 is 2.50 bits per heavy atom. The molecule has 6 nitrogen and oxygen atoms in total. The van der Waals surface area contributed by atoms with Crippen LogP contribution in [-0.2, 0) is 9.84 Å². The first-order valence-electron chi connectivity index (χ1n) is 8.76. The number of sulfone groups is 1. The summed E-state index contributed by atoms with van der Waals surface area (Å²) in [6.07, 6.45) is 1.26. The van der Waals surface area contributed by atoms with Crippen LogP contribution in [0.3, 0.4) is 0 Å². The lowest BCUT2D eigenvalue weighted by Crippen LogP contribution is -2.60. The van der Waals surface area contributed by atoms with E-state index in [4.69, 9.17) is 4.74 Å². The van der Waals surface area contributed by atoms with Gasteiger partial charge in [-0.3, -0.25) is 0 Å². The summed E-state index contributed by atoms with van der Waals surface area (Å²) >= 11 is 0. The van der Waals surface area contributed by atoms with Crippen molar-refractivity contribution >= 4 is 15.7 Å². The third-order valence-electron chi connectivity index (χ3n) is 5.80. The molecule has 2 saturated heterocycles. The number of hydrogen-bond donors (Lipinski definition) is 0. The van der Waals surface area contributed by atoms with Crippen molar-refractivity contribution in [2.75, 3.05) is 23.7 Å². The Bertz CT molecular complexity index is 797. The molecule has 144 valence electrons. The van der Waals surface area contributed by atoms with Crippen LogP contribution in [-0.4, -0.2) is 54.3 Å². The van der Waals surface area contributed by atoms with Crippen LogP contribution < -0.4 is 9.64 Å². The van der Waals surface area contributed by atoms with Crippen LogP contribution in [0.2, 0.25) is 0 Å². The molecule has 3 heterocycles. The van der Waals surface area contributed by atoms with E-state index in [9.17, 15) is 21.6 Å². The number of aromatic nitrogens is 2. The first kappa shape index (κ1) is 17.8. The Morgan fingerprint density at radius 1 is 1.15 bits per heavy atom. The van der Waals surface area contributed by atoms with E-state index < -0.39 is 39.0 Å². The van der Waals surface area contributed by atoms with Crippen LogP contribution in [0.15, 0.2) is 12.4 Å². The van der Waals surface area contributed by atoms with Gasteiger partial charge in [-0.25, -0.2) is 18.4 Å². The average molecular weight is 391 g/mol. The topological polar surface area (TPSA) is 72.4 Å². The predicted molar refractivity (Wildman–Crippen MR) is 87.8 cm³/mol. The van der Waals surface area contributed by atoms with Crippen molar-refractivity contribution in [3.8, 4) is 5.88 Å². The number of rotatable bonds is 3. The van der Waals surface area contributed by atoms with Crippen molar-refractivity contribution in [3.05, 3.63) is 12.4 Å². The number of nitrogens with zero attached hydrogens (tertiary/aromatic N) is 3. The Balaban J connectivity index is 1.71. The molecule has 10 heteroatoms. The molecule has 0 spiro atoms. The van der Waals surface area contributed by atoms with E-state index in [1.807, 2.05) is 0 Å². The molecule has 1 aromatic rings. The number of halogens is 3. The van der Waals surface area contributed by atoms with Crippen LogP contribution in [0, 0.1) is 5.92 Å². The molecule has 2 aliphatic heterocycles. The number of ether oxygens (including phenoxy) is 1. The molecule has 0 bridgehead atoms. The Kier molecular flexibility index (Phi) is 4.09. The van der Waals surface area contributed by atoms with Crippen molar-refractivity contribution in [1.82, 2.24) is 9.97 Å². The van der Waals surface area contributed by atoms with E-state index in [0.717, 1.165) is 19.3 Å². The molecule has 3 aliphatic rings. The van der Waals surface area contributed by atoms with E-state index in [0.29, 0.717) is 0 Å². The van der Waals surface area contributed by atoms with Crippen molar-refractivity contribution in [2.24, 2.45) is 5.92 Å². The largest absolute Gasteiger partial charge is 0.472 e. The molecule has 0 aromatic carbocycles. The fourth-order valence-electron chi connectivity index (χ4n) is 4.19. The summed E-state index contributed by atoms with van der Waals surface area (Å²) in [5.41, 5.74) is 0. The zero-order chi connectivity index (χ0) is 18.6. The maximum atomic E-state index is 14.0. The maximum absolute atomic E-state index is 14.0. The van der Waals surface area contributed by atoms with Gasteiger partial charge < -0.3 is 9.64 Å². The number of anilines is 1. The van der Waals surface area contributed by atoms with Crippen molar-refractivity contribution in [2.45, 2.75) is 49.1 Å². The lowest BCUT2D eigenvalue weighted by Gasteiger charge is -2.38. The smallest absolute Gasteiger partial charge is 0.410 e. The quantitative estimate of drug-likeness (QED) is 0.788. The molecule has 26 heavy (non-hydrogen) atoms. The minimum atomic E-state index is -4.83. The number of hydrogen-bond acceptors (Lipinski definition) is 6. The summed E-state index contributed by atoms with van der Waals surface area (Å²) in [5, 5.41) is 0. The molecule has 2 unspecified atom stereocenters. The van der Waals surface area contributed by atoms with E-state index in [1.165, 1.54) is 17.3 Å². The highest BCUT2D eigenvalue weighted by molar-refractivity contribution is 7.93. The van der Waals surface area contributed by atoms with Crippen LogP contribution in [0.4, 0.5) is 19.0 Å². The van der Waals surface area contributed by atoms with Crippen LogP contribution >= 0.6 is 0 Å². The summed E-state index contributed by atoms with van der Waals surface area (Å²) in [5.74, 6) is -1.04. The first-order valence-corrected chi connectivity index (χ1v) is 10.4. The second-order valence-corrected chi connectivity index (χ2v) is 9.65. The zero-order valence-electron chi connectivity index (χ0n) is 14.1. The van der Waals surface area contributed by atoms with Gasteiger partial charge in [0.25, 0.3) is 5.88 Å². The van der Waals surface area contributed by atoms with Crippen LogP contribution in [0.25, 0.3) is 0 Å². The molecule has 4 rings (SSSR count). The van der Waals surface area contributed by atoms with Crippen LogP contribution in [0.1, 0.15) is 32.1 Å². The standard InChI is InChI=1S/C16H20F3N3O3S/c17-16(18,19)15-10-22(9-11(15)3-2-8-26(15,23)24)13-14(21-7-6-20-13)25-12-4-1-5-12/h6-7,11-12H,1-5,8-10H2. The monoisotopic (exact) mass is 391 g/mol. The second kappa shape index (κ2) is 5.97. The molecule has 2 atom stereocenters. The van der Waals surface area contributed by atoms with Gasteiger partial charge >= 0.3 is 6.18 Å². The van der Waals surface area contributed by atoms with Gasteiger partial charge in [0, 0.05) is 31.4 Å². The molecule has 0 amide bonds. The summed E-state index contributed by atoms with van der Waals surface area (Å²) in [4.78, 5) is 9.68. The van der Waals surface area contributed by atoms with Gasteiger partial charge in [-0.1, -0.05) is 0 Å². The van der Waals surface area contributed by atoms with E-state index in [-0.39, 0.29) is 37.2 Å². The first-order chi connectivity index (χ1) is 12.2. The fourth-order valence-corrected chi connectivity index (χ4v) is 6.51. The molecule has 1 aliphatic carbocycles. The lowest BCUT2D eigenvalue weighted by atomic mass is 9.90. The fraction of sp³-hybridized carbons (Fsp3) is 0.750.